The highest BCUT2D eigenvalue weighted by molar-refractivity contribution is 5.87. The number of Topliss-reactive ketones (excluding diaryl/α,β-unsaturated/α-hetero) is 1. The summed E-state index contributed by atoms with van der Waals surface area (Å²) in [6.45, 7) is 4.01. The largest absolute Gasteiger partial charge is 0.353 e. The van der Waals surface area contributed by atoms with Gasteiger partial charge in [-0.3, -0.25) is 4.79 Å². The van der Waals surface area contributed by atoms with Crippen LogP contribution in [0.15, 0.2) is 12.2 Å². The molecule has 0 aromatic heterocycles. The van der Waals surface area contributed by atoms with Crippen LogP contribution in [0.2, 0.25) is 0 Å². The summed E-state index contributed by atoms with van der Waals surface area (Å²) in [5.74, 6) is 3.40. The van der Waals surface area contributed by atoms with Crippen molar-refractivity contribution < 1.29 is 14.3 Å². The van der Waals surface area contributed by atoms with Gasteiger partial charge in [-0.25, -0.2) is 0 Å². The molecule has 7 atom stereocenters. The number of rotatable bonds is 3. The van der Waals surface area contributed by atoms with E-state index in [1.807, 2.05) is 0 Å². The molecule has 1 aliphatic heterocycles. The lowest BCUT2D eigenvalue weighted by molar-refractivity contribution is -0.208. The van der Waals surface area contributed by atoms with Gasteiger partial charge in [-0.2, -0.15) is 0 Å². The molecule has 1 unspecified atom stereocenters. The lowest BCUT2D eigenvalue weighted by atomic mass is 9.45. The minimum atomic E-state index is -0.0208. The first-order valence-electron chi connectivity index (χ1n) is 11.5. The fourth-order valence-electron chi connectivity index (χ4n) is 7.77. The molecular weight excluding hydrogens is 336 g/mol. The molecule has 0 bridgehead atoms. The van der Waals surface area contributed by atoms with Gasteiger partial charge in [0, 0.05) is 23.9 Å². The van der Waals surface area contributed by atoms with E-state index in [4.69, 9.17) is 9.47 Å². The molecule has 0 spiro atoms. The van der Waals surface area contributed by atoms with E-state index in [1.165, 1.54) is 44.9 Å². The van der Waals surface area contributed by atoms with Gasteiger partial charge in [0.05, 0.1) is 6.61 Å². The van der Waals surface area contributed by atoms with Gasteiger partial charge in [0.25, 0.3) is 0 Å². The minimum Gasteiger partial charge on any atom is -0.353 e. The van der Waals surface area contributed by atoms with E-state index in [1.54, 1.807) is 0 Å². The topological polar surface area (TPSA) is 35.5 Å². The monoisotopic (exact) mass is 372 g/mol. The number of allylic oxidation sites excluding steroid dienone is 2. The number of fused-ring (bicyclic) bond motifs is 5. The van der Waals surface area contributed by atoms with Gasteiger partial charge in [0.2, 0.25) is 0 Å². The smallest absolute Gasteiger partial charge is 0.157 e. The lowest BCUT2D eigenvalue weighted by Crippen LogP contribution is -2.55. The molecule has 5 aliphatic rings. The summed E-state index contributed by atoms with van der Waals surface area (Å²) < 4.78 is 12.4. The van der Waals surface area contributed by atoms with E-state index < -0.39 is 0 Å². The van der Waals surface area contributed by atoms with Crippen molar-refractivity contribution in [3.8, 4) is 0 Å². The summed E-state index contributed by atoms with van der Waals surface area (Å²) in [5.41, 5.74) is 0.262. The summed E-state index contributed by atoms with van der Waals surface area (Å²) in [6, 6.07) is 0. The predicted octanol–water partition coefficient (Wildman–Crippen LogP) is 5.29. The Morgan fingerprint density at radius 3 is 2.89 bits per heavy atom. The van der Waals surface area contributed by atoms with E-state index in [-0.39, 0.29) is 17.1 Å². The highest BCUT2D eigenvalue weighted by atomic mass is 16.7. The highest BCUT2D eigenvalue weighted by Gasteiger charge is 2.60. The Balaban J connectivity index is 1.40. The van der Waals surface area contributed by atoms with Crippen LogP contribution in [-0.4, -0.2) is 25.3 Å². The standard InChI is InChI=1S/C24H36O3/c1-23-14-12-20-18(19(23)10-11-21(23)25)9-8-17-6-2-4-13-24(17,20)16-27-22-7-3-5-15-26-22/h2,4,17-20,22H,3,5-16H2,1H3/t17-,18+,19+,20+,22?,23+,24-/m1/s1. The number of carbonyl (C=O) groups excluding carboxylic acids is 1. The van der Waals surface area contributed by atoms with E-state index in [0.29, 0.717) is 11.7 Å². The minimum absolute atomic E-state index is 0.0157. The zero-order valence-electron chi connectivity index (χ0n) is 17.0. The fourth-order valence-corrected chi connectivity index (χ4v) is 7.77. The maximum Gasteiger partial charge on any atom is 0.157 e. The van der Waals surface area contributed by atoms with Crippen molar-refractivity contribution in [1.29, 1.82) is 0 Å². The molecule has 1 saturated heterocycles. The quantitative estimate of drug-likeness (QED) is 0.632. The Hall–Kier alpha value is -0.670. The van der Waals surface area contributed by atoms with Gasteiger partial charge in [-0.1, -0.05) is 19.1 Å². The van der Waals surface area contributed by atoms with E-state index in [9.17, 15) is 4.79 Å². The molecule has 0 aromatic carbocycles. The van der Waals surface area contributed by atoms with Crippen LogP contribution in [0.4, 0.5) is 0 Å². The van der Waals surface area contributed by atoms with Crippen LogP contribution < -0.4 is 0 Å². The molecule has 5 rings (SSSR count). The molecule has 3 nitrogen and oxygen atoms in total. The number of hydrogen-bond donors (Lipinski definition) is 0. The third-order valence-electron chi connectivity index (χ3n) is 9.31. The van der Waals surface area contributed by atoms with Crippen LogP contribution in [0.3, 0.4) is 0 Å². The number of ketones is 1. The van der Waals surface area contributed by atoms with Crippen molar-refractivity contribution in [1.82, 2.24) is 0 Å². The molecule has 3 saturated carbocycles. The third-order valence-corrected chi connectivity index (χ3v) is 9.31. The van der Waals surface area contributed by atoms with E-state index in [2.05, 4.69) is 19.1 Å². The Bertz CT molecular complexity index is 607. The maximum atomic E-state index is 12.6. The Labute approximate surface area is 164 Å². The van der Waals surface area contributed by atoms with Crippen LogP contribution in [0.5, 0.6) is 0 Å². The van der Waals surface area contributed by atoms with Gasteiger partial charge >= 0.3 is 0 Å². The molecule has 4 aliphatic carbocycles. The lowest BCUT2D eigenvalue weighted by Gasteiger charge is -2.59. The first-order valence-corrected chi connectivity index (χ1v) is 11.5. The Kier molecular flexibility index (Phi) is 4.75. The maximum absolute atomic E-state index is 12.6. The van der Waals surface area contributed by atoms with Gasteiger partial charge < -0.3 is 9.47 Å². The average Bonchev–Trinajstić information content (AvgIpc) is 3.02. The third kappa shape index (κ3) is 2.87. The van der Waals surface area contributed by atoms with Crippen LogP contribution in [0.1, 0.15) is 77.6 Å². The molecule has 4 fully saturated rings. The number of ether oxygens (including phenoxy) is 2. The molecular formula is C24H36O3. The van der Waals surface area contributed by atoms with E-state index >= 15 is 0 Å². The number of carbonyl (C=O) groups is 1. The first-order chi connectivity index (χ1) is 13.1. The molecule has 0 N–H and O–H groups in total. The van der Waals surface area contributed by atoms with Crippen LogP contribution >= 0.6 is 0 Å². The van der Waals surface area contributed by atoms with Crippen molar-refractivity contribution in [2.24, 2.45) is 34.5 Å². The van der Waals surface area contributed by atoms with Gasteiger partial charge in [-0.15, -0.1) is 0 Å². The van der Waals surface area contributed by atoms with Crippen molar-refractivity contribution in [2.75, 3.05) is 13.2 Å². The van der Waals surface area contributed by atoms with Crippen LogP contribution in [0.25, 0.3) is 0 Å². The highest BCUT2D eigenvalue weighted by Crippen LogP contribution is 2.65. The van der Waals surface area contributed by atoms with Gasteiger partial charge in [-0.05, 0) is 87.9 Å². The zero-order chi connectivity index (χ0) is 18.5. The van der Waals surface area contributed by atoms with Gasteiger partial charge in [0.1, 0.15) is 5.78 Å². The molecule has 0 amide bonds. The zero-order valence-corrected chi connectivity index (χ0v) is 17.0. The summed E-state index contributed by atoms with van der Waals surface area (Å²) in [4.78, 5) is 12.6. The average molecular weight is 373 g/mol. The molecule has 3 heteroatoms. The Morgan fingerprint density at radius 1 is 1.11 bits per heavy atom. The summed E-state index contributed by atoms with van der Waals surface area (Å²) in [6.07, 6.45) is 17.7. The summed E-state index contributed by atoms with van der Waals surface area (Å²) in [5, 5.41) is 0. The van der Waals surface area contributed by atoms with Crippen molar-refractivity contribution in [2.45, 2.75) is 83.8 Å². The fraction of sp³-hybridized carbons (Fsp3) is 0.875. The van der Waals surface area contributed by atoms with Crippen LogP contribution in [-0.2, 0) is 14.3 Å². The van der Waals surface area contributed by atoms with Crippen molar-refractivity contribution in [3.63, 3.8) is 0 Å². The molecule has 0 radical (unpaired) electrons. The SMILES string of the molecule is C[C@]12CC[C@H]3[C@@H](CC[C@H]4CC=CC[C@@]43COC3CCCCO3)[C@@H]1CCC2=O. The van der Waals surface area contributed by atoms with Crippen LogP contribution in [0, 0.1) is 34.5 Å². The second-order valence-corrected chi connectivity index (χ2v) is 10.3. The molecule has 150 valence electrons. The molecule has 27 heavy (non-hydrogen) atoms. The summed E-state index contributed by atoms with van der Waals surface area (Å²) in [7, 11) is 0. The number of hydrogen-bond acceptors (Lipinski definition) is 3. The Morgan fingerprint density at radius 2 is 2.04 bits per heavy atom. The molecule has 1 heterocycles. The summed E-state index contributed by atoms with van der Waals surface area (Å²) >= 11 is 0. The first kappa shape index (κ1) is 18.4. The second kappa shape index (κ2) is 6.99. The van der Waals surface area contributed by atoms with E-state index in [0.717, 1.165) is 56.7 Å². The normalized spacial score (nSPS) is 49.4. The predicted molar refractivity (Wildman–Crippen MR) is 105 cm³/mol. The van der Waals surface area contributed by atoms with Crippen molar-refractivity contribution in [3.05, 3.63) is 12.2 Å². The van der Waals surface area contributed by atoms with Gasteiger partial charge in [0.15, 0.2) is 6.29 Å². The molecule has 0 aromatic rings. The second-order valence-electron chi connectivity index (χ2n) is 10.3. The van der Waals surface area contributed by atoms with Crippen molar-refractivity contribution >= 4 is 5.78 Å².